The maximum absolute atomic E-state index is 12.5. The average molecular weight is 264 g/mol. The fraction of sp³-hybridized carbons (Fsp3) is 0.867. The first-order chi connectivity index (χ1) is 9.05. The summed E-state index contributed by atoms with van der Waals surface area (Å²) in [6, 6.07) is 0. The Balaban J connectivity index is 1.80. The molecule has 1 aliphatic carbocycles. The molecule has 4 nitrogen and oxygen atoms in total. The van der Waals surface area contributed by atoms with Crippen molar-refractivity contribution in [2.24, 2.45) is 5.41 Å². The number of carbonyl (C=O) groups is 2. The third kappa shape index (κ3) is 2.20. The summed E-state index contributed by atoms with van der Waals surface area (Å²) in [5.74, 6) is 0.147. The normalized spacial score (nSPS) is 35.1. The van der Waals surface area contributed by atoms with Crippen LogP contribution in [0.4, 0.5) is 0 Å². The molecule has 1 unspecified atom stereocenters. The lowest BCUT2D eigenvalue weighted by atomic mass is 9.67. The van der Waals surface area contributed by atoms with E-state index in [4.69, 9.17) is 0 Å². The molecule has 3 aliphatic rings. The van der Waals surface area contributed by atoms with Crippen molar-refractivity contribution in [2.45, 2.75) is 63.8 Å². The van der Waals surface area contributed by atoms with Crippen LogP contribution >= 0.6 is 0 Å². The molecule has 1 saturated carbocycles. The molecule has 3 fully saturated rings. The Labute approximate surface area is 114 Å². The van der Waals surface area contributed by atoms with Crippen LogP contribution in [0, 0.1) is 5.41 Å². The van der Waals surface area contributed by atoms with Crippen LogP contribution < -0.4 is 5.32 Å². The van der Waals surface area contributed by atoms with E-state index in [-0.39, 0.29) is 22.8 Å². The molecule has 0 bridgehead atoms. The highest BCUT2D eigenvalue weighted by Crippen LogP contribution is 2.46. The molecule has 1 N–H and O–H groups in total. The smallest absolute Gasteiger partial charge is 0.230 e. The SMILES string of the molecule is CC1(N2C(=O)CC3(CCCCC3)CC2=O)CCNC1. The number of rotatable bonds is 1. The summed E-state index contributed by atoms with van der Waals surface area (Å²) in [5, 5.41) is 3.28. The molecule has 0 aromatic heterocycles. The molecule has 19 heavy (non-hydrogen) atoms. The molecule has 2 aliphatic heterocycles. The Bertz CT molecular complexity index is 373. The van der Waals surface area contributed by atoms with Gasteiger partial charge >= 0.3 is 0 Å². The van der Waals surface area contributed by atoms with Gasteiger partial charge in [-0.3, -0.25) is 14.5 Å². The number of nitrogens with one attached hydrogen (secondary N) is 1. The summed E-state index contributed by atoms with van der Waals surface area (Å²) in [6.45, 7) is 3.69. The van der Waals surface area contributed by atoms with E-state index in [9.17, 15) is 9.59 Å². The third-order valence-corrected chi connectivity index (χ3v) is 5.35. The van der Waals surface area contributed by atoms with E-state index in [0.29, 0.717) is 12.8 Å². The number of hydrogen-bond acceptors (Lipinski definition) is 3. The molecule has 1 atom stereocenters. The molecular formula is C15H24N2O2. The summed E-state index contributed by atoms with van der Waals surface area (Å²) < 4.78 is 0. The van der Waals surface area contributed by atoms with E-state index in [1.165, 1.54) is 19.3 Å². The van der Waals surface area contributed by atoms with Gasteiger partial charge in [-0.2, -0.15) is 0 Å². The highest BCUT2D eigenvalue weighted by Gasteiger charge is 2.50. The van der Waals surface area contributed by atoms with E-state index in [0.717, 1.165) is 32.4 Å². The number of imide groups is 1. The van der Waals surface area contributed by atoms with Crippen molar-refractivity contribution in [1.82, 2.24) is 10.2 Å². The van der Waals surface area contributed by atoms with Crippen molar-refractivity contribution in [3.05, 3.63) is 0 Å². The number of amides is 2. The van der Waals surface area contributed by atoms with Crippen LogP contribution in [0.3, 0.4) is 0 Å². The number of piperidine rings is 1. The molecule has 0 aromatic carbocycles. The van der Waals surface area contributed by atoms with Crippen LogP contribution in [-0.2, 0) is 9.59 Å². The topological polar surface area (TPSA) is 49.4 Å². The van der Waals surface area contributed by atoms with Gasteiger partial charge in [-0.15, -0.1) is 0 Å². The molecule has 2 amide bonds. The molecule has 0 radical (unpaired) electrons. The zero-order valence-corrected chi connectivity index (χ0v) is 11.8. The molecule has 106 valence electrons. The first kappa shape index (κ1) is 13.1. The Kier molecular flexibility index (Phi) is 3.16. The summed E-state index contributed by atoms with van der Waals surface area (Å²) in [6.07, 6.45) is 7.81. The number of hydrogen-bond donors (Lipinski definition) is 1. The molecule has 3 rings (SSSR count). The van der Waals surface area contributed by atoms with Crippen molar-refractivity contribution >= 4 is 11.8 Å². The molecule has 2 heterocycles. The van der Waals surface area contributed by atoms with Crippen LogP contribution in [-0.4, -0.2) is 35.3 Å². The Hall–Kier alpha value is -0.900. The van der Waals surface area contributed by atoms with Gasteiger partial charge in [0.05, 0.1) is 5.54 Å². The number of carbonyl (C=O) groups excluding carboxylic acids is 2. The lowest BCUT2D eigenvalue weighted by Crippen LogP contribution is -2.59. The predicted molar refractivity (Wildman–Crippen MR) is 72.5 cm³/mol. The van der Waals surface area contributed by atoms with Gasteiger partial charge in [-0.1, -0.05) is 19.3 Å². The highest BCUT2D eigenvalue weighted by molar-refractivity contribution is 5.99. The maximum atomic E-state index is 12.5. The number of likely N-dealkylation sites (tertiary alicyclic amines) is 1. The van der Waals surface area contributed by atoms with Gasteiger partial charge in [-0.25, -0.2) is 0 Å². The maximum Gasteiger partial charge on any atom is 0.230 e. The summed E-state index contributed by atoms with van der Waals surface area (Å²) in [7, 11) is 0. The minimum absolute atomic E-state index is 0.00527. The van der Waals surface area contributed by atoms with Crippen LogP contribution in [0.25, 0.3) is 0 Å². The van der Waals surface area contributed by atoms with E-state index < -0.39 is 0 Å². The van der Waals surface area contributed by atoms with Gasteiger partial charge in [0.1, 0.15) is 0 Å². The average Bonchev–Trinajstić information content (AvgIpc) is 2.76. The van der Waals surface area contributed by atoms with Gasteiger partial charge in [0.25, 0.3) is 0 Å². The van der Waals surface area contributed by atoms with Gasteiger partial charge in [-0.05, 0) is 38.1 Å². The fourth-order valence-electron chi connectivity index (χ4n) is 4.25. The zero-order valence-electron chi connectivity index (χ0n) is 11.8. The van der Waals surface area contributed by atoms with Crippen molar-refractivity contribution in [3.8, 4) is 0 Å². The van der Waals surface area contributed by atoms with Crippen molar-refractivity contribution in [1.29, 1.82) is 0 Å². The van der Waals surface area contributed by atoms with E-state index >= 15 is 0 Å². The lowest BCUT2D eigenvalue weighted by molar-refractivity contribution is -0.161. The summed E-state index contributed by atoms with van der Waals surface area (Å²) in [4.78, 5) is 26.7. The van der Waals surface area contributed by atoms with Crippen molar-refractivity contribution in [2.75, 3.05) is 13.1 Å². The quantitative estimate of drug-likeness (QED) is 0.735. The Morgan fingerprint density at radius 3 is 2.16 bits per heavy atom. The third-order valence-electron chi connectivity index (χ3n) is 5.35. The van der Waals surface area contributed by atoms with Gasteiger partial charge in [0.2, 0.25) is 11.8 Å². The predicted octanol–water partition coefficient (Wildman–Crippen LogP) is 1.84. The molecule has 4 heteroatoms. The second kappa shape index (κ2) is 4.58. The number of nitrogens with zero attached hydrogens (tertiary/aromatic N) is 1. The van der Waals surface area contributed by atoms with Crippen molar-refractivity contribution < 1.29 is 9.59 Å². The standard InChI is InChI=1S/C15H24N2O2/c1-14(7-8-16-11-14)17-12(18)9-15(10-13(17)19)5-3-2-4-6-15/h16H,2-11H2,1H3. The Morgan fingerprint density at radius 2 is 1.63 bits per heavy atom. The van der Waals surface area contributed by atoms with Crippen LogP contribution in [0.1, 0.15) is 58.3 Å². The first-order valence-electron chi connectivity index (χ1n) is 7.61. The van der Waals surface area contributed by atoms with E-state index in [1.54, 1.807) is 4.90 Å². The molecular weight excluding hydrogens is 240 g/mol. The van der Waals surface area contributed by atoms with E-state index in [1.807, 2.05) is 6.92 Å². The van der Waals surface area contributed by atoms with Gasteiger partial charge in [0, 0.05) is 19.4 Å². The van der Waals surface area contributed by atoms with Crippen LogP contribution in [0.15, 0.2) is 0 Å². The monoisotopic (exact) mass is 264 g/mol. The second-order valence-corrected chi connectivity index (χ2v) is 6.96. The Morgan fingerprint density at radius 1 is 1.00 bits per heavy atom. The zero-order chi connectivity index (χ0) is 13.5. The molecule has 2 saturated heterocycles. The van der Waals surface area contributed by atoms with Crippen LogP contribution in [0.2, 0.25) is 0 Å². The van der Waals surface area contributed by atoms with Gasteiger partial charge < -0.3 is 5.32 Å². The molecule has 0 aromatic rings. The van der Waals surface area contributed by atoms with E-state index in [2.05, 4.69) is 5.32 Å². The van der Waals surface area contributed by atoms with Crippen molar-refractivity contribution in [3.63, 3.8) is 0 Å². The minimum atomic E-state index is -0.287. The lowest BCUT2D eigenvalue weighted by Gasteiger charge is -2.47. The fourth-order valence-corrected chi connectivity index (χ4v) is 4.25. The summed E-state index contributed by atoms with van der Waals surface area (Å²) >= 11 is 0. The largest absolute Gasteiger partial charge is 0.314 e. The highest BCUT2D eigenvalue weighted by atomic mass is 16.2. The summed E-state index contributed by atoms with van der Waals surface area (Å²) in [5.41, 5.74) is -0.282. The second-order valence-electron chi connectivity index (χ2n) is 6.96. The minimum Gasteiger partial charge on any atom is -0.314 e. The van der Waals surface area contributed by atoms with Gasteiger partial charge in [0.15, 0.2) is 0 Å². The first-order valence-corrected chi connectivity index (χ1v) is 7.61. The molecule has 1 spiro atoms. The van der Waals surface area contributed by atoms with Crippen LogP contribution in [0.5, 0.6) is 0 Å².